The lowest BCUT2D eigenvalue weighted by Crippen LogP contribution is -2.18. The largest absolute Gasteiger partial charge is 0.496 e. The molecule has 0 radical (unpaired) electrons. The number of halogens is 3. The van der Waals surface area contributed by atoms with Crippen molar-refractivity contribution >= 4 is 33.5 Å². The van der Waals surface area contributed by atoms with Gasteiger partial charge in [0, 0.05) is 53.3 Å². The number of pyridine rings is 1. The van der Waals surface area contributed by atoms with Crippen molar-refractivity contribution in [1.82, 2.24) is 14.1 Å². The number of hydrogen-bond acceptors (Lipinski definition) is 3. The van der Waals surface area contributed by atoms with Crippen molar-refractivity contribution in [2.45, 2.75) is 12.7 Å². The fourth-order valence-electron chi connectivity index (χ4n) is 4.02. The quantitative estimate of drug-likeness (QED) is 0.347. The molecular formula is C25H19F3N4O2. The number of fused-ring (bicyclic) bond motifs is 2. The number of ether oxygens (including phenoxy) is 1. The zero-order chi connectivity index (χ0) is 23.9. The van der Waals surface area contributed by atoms with Gasteiger partial charge >= 0.3 is 12.2 Å². The van der Waals surface area contributed by atoms with E-state index in [-0.39, 0.29) is 11.3 Å². The molecule has 0 fully saturated rings. The summed E-state index contributed by atoms with van der Waals surface area (Å²) in [5, 5.41) is 4.15. The van der Waals surface area contributed by atoms with Crippen molar-refractivity contribution in [2.24, 2.45) is 0 Å². The molecule has 5 rings (SSSR count). The number of nitrogens with one attached hydrogen (secondary N) is 1. The summed E-state index contributed by atoms with van der Waals surface area (Å²) in [6.45, 7) is 0.656. The summed E-state index contributed by atoms with van der Waals surface area (Å²) < 4.78 is 48.4. The van der Waals surface area contributed by atoms with Gasteiger partial charge in [0.1, 0.15) is 5.75 Å². The van der Waals surface area contributed by atoms with Crippen LogP contribution in [0.1, 0.15) is 11.1 Å². The van der Waals surface area contributed by atoms with Crippen molar-refractivity contribution in [3.8, 4) is 5.75 Å². The second-order valence-corrected chi connectivity index (χ2v) is 7.80. The molecule has 0 saturated heterocycles. The van der Waals surface area contributed by atoms with E-state index in [4.69, 9.17) is 4.74 Å². The molecule has 0 aliphatic heterocycles. The van der Waals surface area contributed by atoms with Crippen LogP contribution in [0.25, 0.3) is 21.8 Å². The second-order valence-electron chi connectivity index (χ2n) is 7.80. The van der Waals surface area contributed by atoms with Gasteiger partial charge in [0.05, 0.1) is 18.2 Å². The van der Waals surface area contributed by atoms with E-state index in [1.54, 1.807) is 18.3 Å². The Kier molecular flexibility index (Phi) is 5.24. The molecular weight excluding hydrogens is 445 g/mol. The maximum atomic E-state index is 13.4. The lowest BCUT2D eigenvalue weighted by molar-refractivity contribution is -0.138. The smallest absolute Gasteiger partial charge is 0.420 e. The van der Waals surface area contributed by atoms with Crippen molar-refractivity contribution < 1.29 is 22.7 Å². The first-order valence-electron chi connectivity index (χ1n) is 10.4. The van der Waals surface area contributed by atoms with Crippen molar-refractivity contribution in [3.63, 3.8) is 0 Å². The van der Waals surface area contributed by atoms with Crippen LogP contribution in [-0.4, -0.2) is 27.3 Å². The SMILES string of the molecule is COc1cc2ccn(C(=O)Nc3ccc4c(ccn4Cc4cccnc4)c3)c2cc1C(F)(F)F. The van der Waals surface area contributed by atoms with Gasteiger partial charge in [0.2, 0.25) is 0 Å². The summed E-state index contributed by atoms with van der Waals surface area (Å²) in [6, 6.07) is 14.5. The lowest BCUT2D eigenvalue weighted by atomic mass is 10.1. The summed E-state index contributed by atoms with van der Waals surface area (Å²) in [7, 11) is 1.18. The molecule has 0 bridgehead atoms. The second kappa shape index (κ2) is 8.26. The lowest BCUT2D eigenvalue weighted by Gasteiger charge is -2.13. The zero-order valence-corrected chi connectivity index (χ0v) is 18.0. The Bertz CT molecular complexity index is 1500. The molecule has 1 amide bonds. The Morgan fingerprint density at radius 1 is 1.03 bits per heavy atom. The molecule has 0 aliphatic rings. The van der Waals surface area contributed by atoms with Crippen LogP contribution < -0.4 is 10.1 Å². The highest BCUT2D eigenvalue weighted by molar-refractivity contribution is 6.00. The number of benzene rings is 2. The van der Waals surface area contributed by atoms with Gasteiger partial charge in [-0.2, -0.15) is 13.2 Å². The molecule has 1 N–H and O–H groups in total. The summed E-state index contributed by atoms with van der Waals surface area (Å²) >= 11 is 0. The first-order valence-corrected chi connectivity index (χ1v) is 10.4. The van der Waals surface area contributed by atoms with Crippen LogP contribution in [0.15, 0.2) is 79.4 Å². The van der Waals surface area contributed by atoms with Crippen LogP contribution in [0.5, 0.6) is 5.75 Å². The minimum atomic E-state index is -4.61. The number of hydrogen-bond donors (Lipinski definition) is 1. The number of anilines is 1. The fourth-order valence-corrected chi connectivity index (χ4v) is 4.02. The number of rotatable bonds is 4. The van der Waals surface area contributed by atoms with Gasteiger partial charge in [-0.25, -0.2) is 4.79 Å². The predicted molar refractivity (Wildman–Crippen MR) is 123 cm³/mol. The number of alkyl halides is 3. The van der Waals surface area contributed by atoms with Gasteiger partial charge in [-0.3, -0.25) is 9.55 Å². The predicted octanol–water partition coefficient (Wildman–Crippen LogP) is 6.15. The third-order valence-corrected chi connectivity index (χ3v) is 5.63. The maximum Gasteiger partial charge on any atom is 0.420 e. The number of methoxy groups -OCH3 is 1. The van der Waals surface area contributed by atoms with E-state index < -0.39 is 17.8 Å². The highest BCUT2D eigenvalue weighted by Crippen LogP contribution is 2.39. The number of aromatic nitrogens is 3. The van der Waals surface area contributed by atoms with Crippen LogP contribution in [0, 0.1) is 0 Å². The van der Waals surface area contributed by atoms with Crippen LogP contribution in [0.3, 0.4) is 0 Å². The maximum absolute atomic E-state index is 13.4. The average molecular weight is 464 g/mol. The zero-order valence-electron chi connectivity index (χ0n) is 18.0. The topological polar surface area (TPSA) is 61.1 Å². The summed E-state index contributed by atoms with van der Waals surface area (Å²) in [5.74, 6) is -0.292. The third-order valence-electron chi connectivity index (χ3n) is 5.63. The van der Waals surface area contributed by atoms with Gasteiger partial charge < -0.3 is 14.6 Å². The fraction of sp³-hybridized carbons (Fsp3) is 0.120. The van der Waals surface area contributed by atoms with Crippen LogP contribution in [0.2, 0.25) is 0 Å². The van der Waals surface area contributed by atoms with Gasteiger partial charge in [0.25, 0.3) is 0 Å². The normalized spacial score (nSPS) is 11.8. The minimum Gasteiger partial charge on any atom is -0.496 e. The molecule has 0 saturated carbocycles. The highest BCUT2D eigenvalue weighted by atomic mass is 19.4. The van der Waals surface area contributed by atoms with Crippen molar-refractivity contribution in [2.75, 3.05) is 12.4 Å². The molecule has 0 atom stereocenters. The molecule has 0 aliphatic carbocycles. The van der Waals surface area contributed by atoms with E-state index in [1.807, 2.05) is 42.7 Å². The van der Waals surface area contributed by atoms with E-state index in [2.05, 4.69) is 14.9 Å². The number of nitrogens with zero attached hydrogens (tertiary/aromatic N) is 3. The van der Waals surface area contributed by atoms with Crippen molar-refractivity contribution in [1.29, 1.82) is 0 Å². The molecule has 3 heterocycles. The molecule has 0 unspecified atom stereocenters. The molecule has 34 heavy (non-hydrogen) atoms. The summed E-state index contributed by atoms with van der Waals surface area (Å²) in [4.78, 5) is 17.0. The Labute approximate surface area is 192 Å². The van der Waals surface area contributed by atoms with Crippen LogP contribution >= 0.6 is 0 Å². The molecule has 2 aromatic carbocycles. The highest BCUT2D eigenvalue weighted by Gasteiger charge is 2.35. The molecule has 5 aromatic rings. The van der Waals surface area contributed by atoms with E-state index in [1.165, 1.54) is 19.4 Å². The monoisotopic (exact) mass is 464 g/mol. The van der Waals surface area contributed by atoms with Gasteiger partial charge in [-0.15, -0.1) is 0 Å². The van der Waals surface area contributed by atoms with Crippen molar-refractivity contribution in [3.05, 3.63) is 90.5 Å². The Hall–Kier alpha value is -4.27. The van der Waals surface area contributed by atoms with E-state index in [9.17, 15) is 18.0 Å². The first-order chi connectivity index (χ1) is 16.3. The van der Waals surface area contributed by atoms with Gasteiger partial charge in [-0.05, 0) is 54.1 Å². The number of carbonyl (C=O) groups is 1. The van der Waals surface area contributed by atoms with E-state index in [0.717, 1.165) is 27.1 Å². The van der Waals surface area contributed by atoms with Gasteiger partial charge in [0.15, 0.2) is 0 Å². The molecule has 9 heteroatoms. The summed E-state index contributed by atoms with van der Waals surface area (Å²) in [6.07, 6.45) is 2.30. The molecule has 6 nitrogen and oxygen atoms in total. The molecule has 3 aromatic heterocycles. The Morgan fingerprint density at radius 3 is 2.56 bits per heavy atom. The van der Waals surface area contributed by atoms with Crippen LogP contribution in [-0.2, 0) is 12.7 Å². The molecule has 172 valence electrons. The standard InChI is InChI=1S/C25H19F3N4O2/c1-34-23-12-18-7-10-32(22(18)13-20(23)25(26,27)28)24(33)30-19-4-5-21-17(11-19)6-9-31(21)15-16-3-2-8-29-14-16/h2-14H,15H2,1H3,(H,30,33). The first kappa shape index (κ1) is 21.6. The molecule has 0 spiro atoms. The Balaban J connectivity index is 1.42. The van der Waals surface area contributed by atoms with E-state index >= 15 is 0 Å². The van der Waals surface area contributed by atoms with E-state index in [0.29, 0.717) is 17.6 Å². The third kappa shape index (κ3) is 3.96. The summed E-state index contributed by atoms with van der Waals surface area (Å²) in [5.41, 5.74) is 1.77. The van der Waals surface area contributed by atoms with Gasteiger partial charge in [-0.1, -0.05) is 6.07 Å². The average Bonchev–Trinajstić information content (AvgIpc) is 3.42. The Morgan fingerprint density at radius 2 is 1.82 bits per heavy atom. The minimum absolute atomic E-state index is 0.134. The van der Waals surface area contributed by atoms with Crippen LogP contribution in [0.4, 0.5) is 23.7 Å². The number of carbonyl (C=O) groups excluding carboxylic acids is 1. The number of amides is 1.